The summed E-state index contributed by atoms with van der Waals surface area (Å²) in [7, 11) is 0. The predicted octanol–water partition coefficient (Wildman–Crippen LogP) is 0.966. The van der Waals surface area contributed by atoms with Crippen LogP contribution in [0.2, 0.25) is 0 Å². The fraction of sp³-hybridized carbons (Fsp3) is 0.765. The third-order valence-corrected chi connectivity index (χ3v) is 5.14. The molecule has 6 heteroatoms. The molecule has 2 atom stereocenters. The average Bonchev–Trinajstić information content (AvgIpc) is 3.28. The number of hydrogen-bond acceptors (Lipinski definition) is 4. The van der Waals surface area contributed by atoms with Crippen LogP contribution in [0.15, 0.2) is 0 Å². The van der Waals surface area contributed by atoms with E-state index in [0.717, 1.165) is 32.1 Å². The van der Waals surface area contributed by atoms with E-state index in [4.69, 9.17) is 0 Å². The van der Waals surface area contributed by atoms with Crippen LogP contribution in [0.5, 0.6) is 0 Å². The Balaban J connectivity index is 1.64. The van der Waals surface area contributed by atoms with Gasteiger partial charge in [0, 0.05) is 38.0 Å². The van der Waals surface area contributed by atoms with Gasteiger partial charge >= 0.3 is 0 Å². The van der Waals surface area contributed by atoms with Gasteiger partial charge < -0.3 is 9.80 Å². The van der Waals surface area contributed by atoms with Crippen LogP contribution in [0, 0.1) is 29.1 Å². The van der Waals surface area contributed by atoms with Gasteiger partial charge in [-0.05, 0) is 38.5 Å². The molecule has 0 N–H and O–H groups in total. The lowest BCUT2D eigenvalue weighted by Crippen LogP contribution is -2.46. The van der Waals surface area contributed by atoms with Crippen molar-refractivity contribution in [1.82, 2.24) is 9.80 Å². The maximum Gasteiger partial charge on any atom is 0.247 e. The molecule has 0 aromatic heterocycles. The number of rotatable bonds is 4. The van der Waals surface area contributed by atoms with Crippen LogP contribution in [0.3, 0.4) is 0 Å². The number of nitriles is 1. The molecule has 0 spiro atoms. The molecule has 0 aromatic rings. The predicted molar refractivity (Wildman–Crippen MR) is 82.0 cm³/mol. The lowest BCUT2D eigenvalue weighted by atomic mass is 9.86. The van der Waals surface area contributed by atoms with E-state index in [2.05, 4.69) is 0 Å². The van der Waals surface area contributed by atoms with E-state index in [1.54, 1.807) is 9.80 Å². The molecule has 2 amide bonds. The molecule has 2 heterocycles. The normalized spacial score (nSPS) is 25.8. The zero-order chi connectivity index (χ0) is 16.4. The Bertz CT molecular complexity index is 544. The van der Waals surface area contributed by atoms with Gasteiger partial charge in [-0.2, -0.15) is 5.26 Å². The monoisotopic (exact) mass is 317 g/mol. The first kappa shape index (κ1) is 16.0. The van der Waals surface area contributed by atoms with Crippen molar-refractivity contribution in [3.8, 4) is 6.07 Å². The minimum absolute atomic E-state index is 0.141. The van der Waals surface area contributed by atoms with Gasteiger partial charge in [0.2, 0.25) is 11.8 Å². The number of carbonyl (C=O) groups excluding carboxylic acids is 3. The van der Waals surface area contributed by atoms with E-state index in [0.29, 0.717) is 32.6 Å². The molecule has 2 aliphatic heterocycles. The maximum absolute atomic E-state index is 12.7. The summed E-state index contributed by atoms with van der Waals surface area (Å²) < 4.78 is 0. The van der Waals surface area contributed by atoms with Gasteiger partial charge in [0.15, 0.2) is 11.7 Å². The molecule has 2 saturated heterocycles. The minimum Gasteiger partial charge on any atom is -0.342 e. The van der Waals surface area contributed by atoms with Crippen molar-refractivity contribution in [2.45, 2.75) is 38.5 Å². The summed E-state index contributed by atoms with van der Waals surface area (Å²) in [6.45, 7) is 2.35. The van der Waals surface area contributed by atoms with Gasteiger partial charge in [0.1, 0.15) is 0 Å². The zero-order valence-corrected chi connectivity index (χ0v) is 13.4. The third kappa shape index (κ3) is 3.39. The standard InChI is InChI=1S/C17H23N3O3/c18-10-14(17(23)19-7-1-2-8-19)15(21)13-4-3-9-20(11-13)16(22)12-5-6-12/h12-14H,1-9,11H2/t13-,14-/m1/s1. The molecule has 6 nitrogen and oxygen atoms in total. The van der Waals surface area contributed by atoms with Crippen molar-refractivity contribution < 1.29 is 14.4 Å². The molecular weight excluding hydrogens is 294 g/mol. The largest absolute Gasteiger partial charge is 0.342 e. The van der Waals surface area contributed by atoms with Crippen molar-refractivity contribution >= 4 is 17.6 Å². The minimum atomic E-state index is -1.20. The van der Waals surface area contributed by atoms with Gasteiger partial charge in [-0.25, -0.2) is 0 Å². The van der Waals surface area contributed by atoms with E-state index in [1.807, 2.05) is 6.07 Å². The molecule has 3 fully saturated rings. The smallest absolute Gasteiger partial charge is 0.247 e. The lowest BCUT2D eigenvalue weighted by Gasteiger charge is -2.33. The highest BCUT2D eigenvalue weighted by Gasteiger charge is 2.40. The maximum atomic E-state index is 12.7. The number of nitrogens with zero attached hydrogens (tertiary/aromatic N) is 3. The van der Waals surface area contributed by atoms with Crippen LogP contribution in [0.4, 0.5) is 0 Å². The second-order valence-corrected chi connectivity index (χ2v) is 6.89. The molecule has 3 aliphatic rings. The molecule has 3 rings (SSSR count). The molecule has 0 aromatic carbocycles. The van der Waals surface area contributed by atoms with Crippen LogP contribution in [-0.4, -0.2) is 53.6 Å². The van der Waals surface area contributed by atoms with Crippen molar-refractivity contribution in [3.05, 3.63) is 0 Å². The van der Waals surface area contributed by atoms with Crippen molar-refractivity contribution in [1.29, 1.82) is 5.26 Å². The molecular formula is C17H23N3O3. The van der Waals surface area contributed by atoms with E-state index in [1.165, 1.54) is 0 Å². The quantitative estimate of drug-likeness (QED) is 0.723. The Kier molecular flexibility index (Phi) is 4.65. The Hall–Kier alpha value is -1.90. The topological polar surface area (TPSA) is 81.5 Å². The van der Waals surface area contributed by atoms with E-state index in [9.17, 15) is 19.6 Å². The fourth-order valence-corrected chi connectivity index (χ4v) is 3.59. The number of likely N-dealkylation sites (tertiary alicyclic amines) is 2. The van der Waals surface area contributed by atoms with Crippen LogP contribution in [0.1, 0.15) is 38.5 Å². The van der Waals surface area contributed by atoms with Crippen LogP contribution in [0.25, 0.3) is 0 Å². The van der Waals surface area contributed by atoms with E-state index >= 15 is 0 Å². The highest BCUT2D eigenvalue weighted by atomic mass is 16.2. The van der Waals surface area contributed by atoms with E-state index in [-0.39, 0.29) is 29.4 Å². The summed E-state index contributed by atoms with van der Waals surface area (Å²) in [6, 6.07) is 1.91. The van der Waals surface area contributed by atoms with Gasteiger partial charge in [0.05, 0.1) is 6.07 Å². The number of Topliss-reactive ketones (excluding diaryl/α,β-unsaturated/α-hetero) is 1. The fourth-order valence-electron chi connectivity index (χ4n) is 3.59. The Morgan fingerprint density at radius 3 is 2.17 bits per heavy atom. The summed E-state index contributed by atoms with van der Waals surface area (Å²) in [5.41, 5.74) is 0. The zero-order valence-electron chi connectivity index (χ0n) is 13.4. The van der Waals surface area contributed by atoms with Crippen LogP contribution in [-0.2, 0) is 14.4 Å². The highest BCUT2D eigenvalue weighted by molar-refractivity contribution is 6.05. The van der Waals surface area contributed by atoms with Gasteiger partial charge in [-0.3, -0.25) is 14.4 Å². The molecule has 124 valence electrons. The SMILES string of the molecule is N#C[C@H](C(=O)[C@@H]1CCCN(C(=O)C2CC2)C1)C(=O)N1CCCC1. The number of piperidine rings is 1. The second kappa shape index (κ2) is 6.69. The highest BCUT2D eigenvalue weighted by Crippen LogP contribution is 2.33. The number of ketones is 1. The Morgan fingerprint density at radius 1 is 0.913 bits per heavy atom. The van der Waals surface area contributed by atoms with Crippen LogP contribution < -0.4 is 0 Å². The second-order valence-electron chi connectivity index (χ2n) is 6.89. The number of hydrogen-bond donors (Lipinski definition) is 0. The average molecular weight is 317 g/mol. The summed E-state index contributed by atoms with van der Waals surface area (Å²) in [5, 5.41) is 9.33. The number of amides is 2. The third-order valence-electron chi connectivity index (χ3n) is 5.14. The summed E-state index contributed by atoms with van der Waals surface area (Å²) in [4.78, 5) is 40.6. The molecule has 1 aliphatic carbocycles. The van der Waals surface area contributed by atoms with Crippen molar-refractivity contribution in [2.24, 2.45) is 17.8 Å². The summed E-state index contributed by atoms with van der Waals surface area (Å²) in [6.07, 6.45) is 5.20. The van der Waals surface area contributed by atoms with Crippen molar-refractivity contribution in [3.63, 3.8) is 0 Å². The first-order valence-electron chi connectivity index (χ1n) is 8.62. The Labute approximate surface area is 136 Å². The van der Waals surface area contributed by atoms with Crippen LogP contribution >= 0.6 is 0 Å². The van der Waals surface area contributed by atoms with Gasteiger partial charge in [-0.15, -0.1) is 0 Å². The first-order valence-corrected chi connectivity index (χ1v) is 8.62. The first-order chi connectivity index (χ1) is 11.1. The van der Waals surface area contributed by atoms with Gasteiger partial charge in [0.25, 0.3) is 0 Å². The molecule has 23 heavy (non-hydrogen) atoms. The summed E-state index contributed by atoms with van der Waals surface area (Å²) in [5.74, 6) is -1.93. The molecule has 0 unspecified atom stereocenters. The molecule has 0 bridgehead atoms. The van der Waals surface area contributed by atoms with E-state index < -0.39 is 5.92 Å². The number of carbonyl (C=O) groups is 3. The van der Waals surface area contributed by atoms with Crippen molar-refractivity contribution in [2.75, 3.05) is 26.2 Å². The molecule has 0 radical (unpaired) electrons. The Morgan fingerprint density at radius 2 is 1.57 bits per heavy atom. The lowest BCUT2D eigenvalue weighted by molar-refractivity contribution is -0.141. The molecule has 1 saturated carbocycles. The van der Waals surface area contributed by atoms with Gasteiger partial charge in [-0.1, -0.05) is 0 Å². The summed E-state index contributed by atoms with van der Waals surface area (Å²) >= 11 is 0.